The molecule has 1 aromatic carbocycles. The standard InChI is InChI=1S/C24H28N8O3/c1-13-8-15-16(9-19(13)32-4-6-34-7-5-32)30-23(29-15)20-22(28-14(2)18-11-35-12-27-18)21(25)17(10-26-3)31-24(20)33/h8-12,14,25-26,28H,4-7H2,1-3H3,(H,29,30)(H,31,33)/b17-10+,25-21?. The van der Waals surface area contributed by atoms with Crippen LogP contribution in [0.15, 0.2) is 46.8 Å². The van der Waals surface area contributed by atoms with Crippen molar-refractivity contribution in [2.75, 3.05) is 38.3 Å². The molecule has 3 aromatic rings. The molecule has 4 heterocycles. The molecule has 1 unspecified atom stereocenters. The number of nitrogens with zero attached hydrogens (tertiary/aromatic N) is 3. The third kappa shape index (κ3) is 4.26. The van der Waals surface area contributed by atoms with E-state index in [9.17, 15) is 4.79 Å². The van der Waals surface area contributed by atoms with Crippen molar-refractivity contribution >= 4 is 33.9 Å². The minimum absolute atomic E-state index is 0.134. The second kappa shape index (κ2) is 9.26. The number of benzene rings is 1. The Kier molecular flexibility index (Phi) is 6.00. The molecule has 0 spiro atoms. The molecule has 1 saturated heterocycles. The van der Waals surface area contributed by atoms with Gasteiger partial charge in [0.15, 0.2) is 6.39 Å². The molecule has 0 saturated carbocycles. The van der Waals surface area contributed by atoms with Crippen LogP contribution in [0.3, 0.4) is 0 Å². The second-order valence-corrected chi connectivity index (χ2v) is 8.55. The molecule has 1 amide bonds. The van der Waals surface area contributed by atoms with E-state index in [1.165, 1.54) is 12.7 Å². The van der Waals surface area contributed by atoms with Crippen molar-refractivity contribution in [1.82, 2.24) is 30.9 Å². The maximum atomic E-state index is 13.3. The Bertz CT molecular complexity index is 1330. The molecule has 5 N–H and O–H groups in total. The number of hydrogen-bond acceptors (Lipinski definition) is 9. The van der Waals surface area contributed by atoms with Crippen LogP contribution in [0.1, 0.15) is 30.0 Å². The summed E-state index contributed by atoms with van der Waals surface area (Å²) < 4.78 is 10.6. The van der Waals surface area contributed by atoms with E-state index in [1.54, 1.807) is 13.2 Å². The van der Waals surface area contributed by atoms with Gasteiger partial charge in [-0.05, 0) is 31.5 Å². The van der Waals surface area contributed by atoms with Gasteiger partial charge in [-0.1, -0.05) is 0 Å². The molecular formula is C24H28N8O3. The molecule has 11 nitrogen and oxygen atoms in total. The maximum Gasteiger partial charge on any atom is 0.261 e. The predicted octanol–water partition coefficient (Wildman–Crippen LogP) is 1.97. The fourth-order valence-electron chi connectivity index (χ4n) is 4.38. The number of hydrogen-bond donors (Lipinski definition) is 5. The van der Waals surface area contributed by atoms with Crippen LogP contribution in [0, 0.1) is 12.3 Å². The fraction of sp³-hybridized carbons (Fsp3) is 0.333. The molecule has 0 bridgehead atoms. The quantitative estimate of drug-likeness (QED) is 0.363. The number of carbonyl (C=O) groups excluding carboxylic acids is 1. The van der Waals surface area contributed by atoms with Crippen LogP contribution >= 0.6 is 0 Å². The van der Waals surface area contributed by atoms with E-state index in [1.807, 2.05) is 13.0 Å². The van der Waals surface area contributed by atoms with Gasteiger partial charge in [-0.2, -0.15) is 0 Å². The number of fused-ring (bicyclic) bond motifs is 1. The lowest BCUT2D eigenvalue weighted by Gasteiger charge is -2.30. The first kappa shape index (κ1) is 22.7. The van der Waals surface area contributed by atoms with Crippen LogP contribution in [0.2, 0.25) is 0 Å². The number of anilines is 1. The normalized spacial score (nSPS) is 18.8. The van der Waals surface area contributed by atoms with E-state index in [-0.39, 0.29) is 23.2 Å². The molecular weight excluding hydrogens is 448 g/mol. The number of aryl methyl sites for hydroxylation is 1. The zero-order valence-electron chi connectivity index (χ0n) is 19.9. The van der Waals surface area contributed by atoms with Crippen molar-refractivity contribution in [3.63, 3.8) is 0 Å². The lowest BCUT2D eigenvalue weighted by molar-refractivity contribution is -0.115. The molecule has 0 radical (unpaired) electrons. The molecule has 1 fully saturated rings. The highest BCUT2D eigenvalue weighted by molar-refractivity contribution is 6.33. The number of aromatic amines is 1. The van der Waals surface area contributed by atoms with Crippen LogP contribution in [-0.2, 0) is 9.53 Å². The number of oxazole rings is 1. The summed E-state index contributed by atoms with van der Waals surface area (Å²) in [7, 11) is 1.71. The van der Waals surface area contributed by atoms with Crippen LogP contribution < -0.4 is 20.9 Å². The topological polar surface area (TPSA) is 144 Å². The minimum atomic E-state index is -0.360. The average Bonchev–Trinajstić information content (AvgIpc) is 3.52. The zero-order valence-corrected chi connectivity index (χ0v) is 19.9. The largest absolute Gasteiger partial charge is 0.451 e. The monoisotopic (exact) mass is 476 g/mol. The van der Waals surface area contributed by atoms with Gasteiger partial charge in [-0.25, -0.2) is 9.97 Å². The second-order valence-electron chi connectivity index (χ2n) is 8.55. The summed E-state index contributed by atoms with van der Waals surface area (Å²) >= 11 is 0. The summed E-state index contributed by atoms with van der Waals surface area (Å²) in [5.41, 5.74) is 5.56. The van der Waals surface area contributed by atoms with Crippen LogP contribution in [0.4, 0.5) is 5.69 Å². The summed E-state index contributed by atoms with van der Waals surface area (Å²) in [5, 5.41) is 17.7. The summed E-state index contributed by atoms with van der Waals surface area (Å²) in [6, 6.07) is 3.78. The number of morpholine rings is 1. The van der Waals surface area contributed by atoms with E-state index in [0.717, 1.165) is 35.4 Å². The minimum Gasteiger partial charge on any atom is -0.451 e. The van der Waals surface area contributed by atoms with Gasteiger partial charge in [0.1, 0.15) is 29.1 Å². The maximum absolute atomic E-state index is 13.3. The number of carbonyl (C=O) groups is 1. The number of rotatable bonds is 6. The van der Waals surface area contributed by atoms with Crippen molar-refractivity contribution in [3.8, 4) is 0 Å². The van der Waals surface area contributed by atoms with Gasteiger partial charge in [0.05, 0.1) is 41.7 Å². The van der Waals surface area contributed by atoms with Gasteiger partial charge >= 0.3 is 0 Å². The van der Waals surface area contributed by atoms with Gasteiger partial charge < -0.3 is 35.0 Å². The third-order valence-electron chi connectivity index (χ3n) is 6.18. The fourth-order valence-corrected chi connectivity index (χ4v) is 4.38. The molecule has 11 heteroatoms. The Morgan fingerprint density at radius 1 is 1.29 bits per heavy atom. The molecule has 1 atom stereocenters. The number of aromatic nitrogens is 3. The Morgan fingerprint density at radius 2 is 2.09 bits per heavy atom. The molecule has 35 heavy (non-hydrogen) atoms. The van der Waals surface area contributed by atoms with Gasteiger partial charge in [-0.3, -0.25) is 10.2 Å². The molecule has 5 rings (SSSR count). The highest BCUT2D eigenvalue weighted by atomic mass is 16.5. The number of H-pyrrole nitrogens is 1. The summed E-state index contributed by atoms with van der Waals surface area (Å²) in [5.74, 6) is 0.0284. The Morgan fingerprint density at radius 3 is 2.80 bits per heavy atom. The lowest BCUT2D eigenvalue weighted by atomic mass is 10.0. The van der Waals surface area contributed by atoms with Crippen molar-refractivity contribution in [2.45, 2.75) is 19.9 Å². The number of imidazole rings is 1. The SMILES string of the molecule is CN/C=C1/NC(=O)C(c2nc3cc(C)c(N4CCOCC4)cc3[nH]2)=C(NC(C)c2cocn2)C1=N. The van der Waals surface area contributed by atoms with Gasteiger partial charge in [0.2, 0.25) is 0 Å². The average molecular weight is 477 g/mol. The number of ether oxygens (including phenoxy) is 1. The Labute approximate surface area is 202 Å². The van der Waals surface area contributed by atoms with Gasteiger partial charge in [0, 0.05) is 32.0 Å². The van der Waals surface area contributed by atoms with E-state index in [2.05, 4.69) is 43.8 Å². The summed E-state index contributed by atoms with van der Waals surface area (Å²) in [6.45, 7) is 6.99. The number of nitrogens with one attached hydrogen (secondary N) is 5. The summed E-state index contributed by atoms with van der Waals surface area (Å²) in [4.78, 5) is 27.8. The molecule has 0 aliphatic carbocycles. The first-order chi connectivity index (χ1) is 17.0. The van der Waals surface area contributed by atoms with Crippen molar-refractivity contribution in [2.24, 2.45) is 0 Å². The van der Waals surface area contributed by atoms with E-state index < -0.39 is 0 Å². The van der Waals surface area contributed by atoms with Crippen molar-refractivity contribution < 1.29 is 13.9 Å². The van der Waals surface area contributed by atoms with Crippen LogP contribution in [0.5, 0.6) is 0 Å². The molecule has 2 aliphatic rings. The third-order valence-corrected chi connectivity index (χ3v) is 6.18. The molecule has 2 aromatic heterocycles. The number of amides is 1. The van der Waals surface area contributed by atoms with E-state index in [4.69, 9.17) is 19.5 Å². The predicted molar refractivity (Wildman–Crippen MR) is 132 cm³/mol. The smallest absolute Gasteiger partial charge is 0.261 e. The summed E-state index contributed by atoms with van der Waals surface area (Å²) in [6.07, 6.45) is 4.46. The Balaban J connectivity index is 1.59. The first-order valence-corrected chi connectivity index (χ1v) is 11.5. The molecule has 2 aliphatic heterocycles. The van der Waals surface area contributed by atoms with Crippen LogP contribution in [0.25, 0.3) is 16.6 Å². The van der Waals surface area contributed by atoms with Gasteiger partial charge in [0.25, 0.3) is 5.91 Å². The van der Waals surface area contributed by atoms with Crippen LogP contribution in [-0.4, -0.2) is 59.9 Å². The van der Waals surface area contributed by atoms with Crippen molar-refractivity contribution in [3.05, 3.63) is 59.5 Å². The highest BCUT2D eigenvalue weighted by Crippen LogP contribution is 2.30. The van der Waals surface area contributed by atoms with Crippen molar-refractivity contribution in [1.29, 1.82) is 5.41 Å². The molecule has 182 valence electrons. The Hall–Kier alpha value is -4.12. The van der Waals surface area contributed by atoms with E-state index in [0.29, 0.717) is 36.1 Å². The zero-order chi connectivity index (χ0) is 24.5. The highest BCUT2D eigenvalue weighted by Gasteiger charge is 2.32. The van der Waals surface area contributed by atoms with Gasteiger partial charge in [-0.15, -0.1) is 0 Å². The first-order valence-electron chi connectivity index (χ1n) is 11.5. The lowest BCUT2D eigenvalue weighted by Crippen LogP contribution is -2.40. The van der Waals surface area contributed by atoms with E-state index >= 15 is 0 Å².